The molecule has 1 unspecified atom stereocenters. The van der Waals surface area contributed by atoms with E-state index in [2.05, 4.69) is 10.3 Å². The molecule has 1 N–H and O–H groups in total. The highest BCUT2D eigenvalue weighted by Gasteiger charge is 2.15. The summed E-state index contributed by atoms with van der Waals surface area (Å²) in [7, 11) is 1.73. The first-order chi connectivity index (χ1) is 8.72. The molecule has 0 saturated carbocycles. The molecular weight excluding hydrogens is 234 g/mol. The highest BCUT2D eigenvalue weighted by Crippen LogP contribution is 2.21. The van der Waals surface area contributed by atoms with Crippen molar-refractivity contribution in [1.29, 1.82) is 0 Å². The Kier molecular flexibility index (Phi) is 3.99. The molecule has 0 bridgehead atoms. The van der Waals surface area contributed by atoms with Crippen LogP contribution in [0.2, 0.25) is 0 Å². The van der Waals surface area contributed by atoms with Crippen molar-refractivity contribution in [3.05, 3.63) is 65.5 Å². The van der Waals surface area contributed by atoms with Crippen molar-refractivity contribution in [3.63, 3.8) is 0 Å². The maximum atomic E-state index is 13.6. The SMILES string of the molecule is CNC(Cc1ccccc1F)c1ccncc1F. The fraction of sp³-hybridized carbons (Fsp3) is 0.214. The molecule has 0 aliphatic carbocycles. The lowest BCUT2D eigenvalue weighted by Crippen LogP contribution is -2.20. The van der Waals surface area contributed by atoms with Gasteiger partial charge in [0.05, 0.1) is 6.20 Å². The van der Waals surface area contributed by atoms with Crippen LogP contribution in [0.1, 0.15) is 17.2 Å². The second-order valence-electron chi connectivity index (χ2n) is 4.03. The van der Waals surface area contributed by atoms with Gasteiger partial charge in [-0.15, -0.1) is 0 Å². The van der Waals surface area contributed by atoms with Crippen LogP contribution >= 0.6 is 0 Å². The normalized spacial score (nSPS) is 12.4. The van der Waals surface area contributed by atoms with E-state index in [1.807, 2.05) is 0 Å². The molecular formula is C14H14F2N2. The van der Waals surface area contributed by atoms with E-state index < -0.39 is 0 Å². The Morgan fingerprint density at radius 2 is 1.94 bits per heavy atom. The van der Waals surface area contributed by atoms with Crippen LogP contribution < -0.4 is 5.32 Å². The van der Waals surface area contributed by atoms with E-state index in [-0.39, 0.29) is 17.7 Å². The number of benzene rings is 1. The van der Waals surface area contributed by atoms with Gasteiger partial charge in [0.2, 0.25) is 0 Å². The van der Waals surface area contributed by atoms with Gasteiger partial charge in [0, 0.05) is 17.8 Å². The van der Waals surface area contributed by atoms with Crippen molar-refractivity contribution in [1.82, 2.24) is 10.3 Å². The lowest BCUT2D eigenvalue weighted by Gasteiger charge is -2.17. The van der Waals surface area contributed by atoms with Crippen molar-refractivity contribution < 1.29 is 8.78 Å². The predicted molar refractivity (Wildman–Crippen MR) is 66.1 cm³/mol. The third kappa shape index (κ3) is 2.71. The molecule has 0 radical (unpaired) electrons. The zero-order valence-electron chi connectivity index (χ0n) is 10.0. The molecule has 2 nitrogen and oxygen atoms in total. The van der Waals surface area contributed by atoms with Crippen molar-refractivity contribution in [2.24, 2.45) is 0 Å². The number of halogens is 2. The van der Waals surface area contributed by atoms with Crippen LogP contribution in [0.15, 0.2) is 42.7 Å². The summed E-state index contributed by atoms with van der Waals surface area (Å²) in [6.07, 6.45) is 3.09. The van der Waals surface area contributed by atoms with Crippen LogP contribution in [-0.4, -0.2) is 12.0 Å². The second kappa shape index (κ2) is 5.69. The maximum absolute atomic E-state index is 13.6. The molecule has 0 spiro atoms. The number of rotatable bonds is 4. The summed E-state index contributed by atoms with van der Waals surface area (Å²) in [6, 6.07) is 7.86. The third-order valence-electron chi connectivity index (χ3n) is 2.91. The number of aromatic nitrogens is 1. The van der Waals surface area contributed by atoms with E-state index in [1.54, 1.807) is 31.3 Å². The monoisotopic (exact) mass is 248 g/mol. The van der Waals surface area contributed by atoms with Crippen LogP contribution in [0.4, 0.5) is 8.78 Å². The van der Waals surface area contributed by atoms with Crippen LogP contribution in [0.5, 0.6) is 0 Å². The first-order valence-corrected chi connectivity index (χ1v) is 5.72. The first kappa shape index (κ1) is 12.6. The molecule has 0 saturated heterocycles. The van der Waals surface area contributed by atoms with Gasteiger partial charge in [-0.2, -0.15) is 0 Å². The summed E-state index contributed by atoms with van der Waals surface area (Å²) in [6.45, 7) is 0. The molecule has 0 aliphatic rings. The van der Waals surface area contributed by atoms with E-state index in [4.69, 9.17) is 0 Å². The molecule has 1 atom stereocenters. The number of pyridine rings is 1. The molecule has 18 heavy (non-hydrogen) atoms. The zero-order valence-corrected chi connectivity index (χ0v) is 10.0. The van der Waals surface area contributed by atoms with Gasteiger partial charge in [-0.05, 0) is 31.2 Å². The highest BCUT2D eigenvalue weighted by atomic mass is 19.1. The van der Waals surface area contributed by atoms with Crippen molar-refractivity contribution in [3.8, 4) is 0 Å². The topological polar surface area (TPSA) is 24.9 Å². The fourth-order valence-corrected chi connectivity index (χ4v) is 1.92. The van der Waals surface area contributed by atoms with Gasteiger partial charge in [0.25, 0.3) is 0 Å². The van der Waals surface area contributed by atoms with Crippen LogP contribution in [0.25, 0.3) is 0 Å². The van der Waals surface area contributed by atoms with E-state index in [0.717, 1.165) is 0 Å². The minimum atomic E-state index is -0.381. The van der Waals surface area contributed by atoms with Crippen molar-refractivity contribution >= 4 is 0 Å². The van der Waals surface area contributed by atoms with E-state index >= 15 is 0 Å². The number of hydrogen-bond donors (Lipinski definition) is 1. The van der Waals surface area contributed by atoms with Gasteiger partial charge in [-0.1, -0.05) is 18.2 Å². The van der Waals surface area contributed by atoms with Gasteiger partial charge >= 0.3 is 0 Å². The average Bonchev–Trinajstić information content (AvgIpc) is 2.39. The Morgan fingerprint density at radius 3 is 2.61 bits per heavy atom. The molecule has 4 heteroatoms. The summed E-state index contributed by atoms with van der Waals surface area (Å²) >= 11 is 0. The fourth-order valence-electron chi connectivity index (χ4n) is 1.92. The third-order valence-corrected chi connectivity index (χ3v) is 2.91. The first-order valence-electron chi connectivity index (χ1n) is 5.72. The minimum Gasteiger partial charge on any atom is -0.313 e. The van der Waals surface area contributed by atoms with E-state index in [0.29, 0.717) is 17.5 Å². The van der Waals surface area contributed by atoms with Crippen LogP contribution in [0, 0.1) is 11.6 Å². The molecule has 0 aliphatic heterocycles. The zero-order chi connectivity index (χ0) is 13.0. The average molecular weight is 248 g/mol. The Morgan fingerprint density at radius 1 is 1.17 bits per heavy atom. The van der Waals surface area contributed by atoms with E-state index in [1.165, 1.54) is 18.5 Å². The largest absolute Gasteiger partial charge is 0.313 e. The summed E-state index contributed by atoms with van der Waals surface area (Å²) in [5.41, 5.74) is 1.06. The summed E-state index contributed by atoms with van der Waals surface area (Å²) in [4.78, 5) is 3.71. The number of likely N-dealkylation sites (N-methyl/N-ethyl adjacent to an activating group) is 1. The summed E-state index contributed by atoms with van der Waals surface area (Å²) < 4.78 is 27.2. The second-order valence-corrected chi connectivity index (χ2v) is 4.03. The Labute approximate surface area is 105 Å². The van der Waals surface area contributed by atoms with Gasteiger partial charge in [-0.25, -0.2) is 8.78 Å². The molecule has 0 fully saturated rings. The smallest absolute Gasteiger partial charge is 0.146 e. The summed E-state index contributed by atoms with van der Waals surface area (Å²) in [5, 5.41) is 3.00. The van der Waals surface area contributed by atoms with Crippen molar-refractivity contribution in [2.75, 3.05) is 7.05 Å². The molecule has 1 heterocycles. The van der Waals surface area contributed by atoms with E-state index in [9.17, 15) is 8.78 Å². The Bertz CT molecular complexity index is 529. The maximum Gasteiger partial charge on any atom is 0.146 e. The van der Waals surface area contributed by atoms with Crippen LogP contribution in [-0.2, 0) is 6.42 Å². The Balaban J connectivity index is 2.26. The number of hydrogen-bond acceptors (Lipinski definition) is 2. The minimum absolute atomic E-state index is 0.271. The Hall–Kier alpha value is -1.81. The number of nitrogens with one attached hydrogen (secondary N) is 1. The lowest BCUT2D eigenvalue weighted by atomic mass is 9.99. The summed E-state index contributed by atoms with van der Waals surface area (Å²) in [5.74, 6) is -0.652. The van der Waals surface area contributed by atoms with Crippen molar-refractivity contribution in [2.45, 2.75) is 12.5 Å². The molecule has 94 valence electrons. The van der Waals surface area contributed by atoms with Gasteiger partial charge in [0.1, 0.15) is 11.6 Å². The predicted octanol–water partition coefficient (Wildman–Crippen LogP) is 2.86. The quantitative estimate of drug-likeness (QED) is 0.900. The molecule has 1 aromatic carbocycles. The van der Waals surface area contributed by atoms with Crippen LogP contribution in [0.3, 0.4) is 0 Å². The van der Waals surface area contributed by atoms with Gasteiger partial charge in [-0.3, -0.25) is 4.98 Å². The molecule has 1 aromatic heterocycles. The van der Waals surface area contributed by atoms with Gasteiger partial charge < -0.3 is 5.32 Å². The molecule has 2 aromatic rings. The van der Waals surface area contributed by atoms with Gasteiger partial charge in [0.15, 0.2) is 0 Å². The lowest BCUT2D eigenvalue weighted by molar-refractivity contribution is 0.517. The molecule has 0 amide bonds. The standard InChI is InChI=1S/C14H14F2N2/c1-17-14(11-6-7-18-9-13(11)16)8-10-4-2-3-5-12(10)15/h2-7,9,14,17H,8H2,1H3. The highest BCUT2D eigenvalue weighted by molar-refractivity contribution is 5.24. The molecule has 2 rings (SSSR count). The number of nitrogens with zero attached hydrogens (tertiary/aromatic N) is 1.